The molecule has 1 aromatic carbocycles. The maximum atomic E-state index is 13.0. The second-order valence-electron chi connectivity index (χ2n) is 4.09. The first-order valence-corrected chi connectivity index (χ1v) is 5.89. The van der Waals surface area contributed by atoms with Crippen LogP contribution in [0.1, 0.15) is 12.8 Å². The van der Waals surface area contributed by atoms with Crippen LogP contribution in [0, 0.1) is 10.1 Å². The molecule has 1 saturated heterocycles. The van der Waals surface area contributed by atoms with E-state index in [0.717, 1.165) is 0 Å². The minimum Gasteiger partial charge on any atom is -0.366 e. The van der Waals surface area contributed by atoms with E-state index in [1.54, 1.807) is 12.1 Å². The van der Waals surface area contributed by atoms with Gasteiger partial charge in [-0.1, -0.05) is 0 Å². The SMILES string of the molecule is O=[N+]([O-])c1cc(S)ccc1N1CCC(F)CC1. The molecular weight excluding hydrogens is 243 g/mol. The summed E-state index contributed by atoms with van der Waals surface area (Å²) < 4.78 is 13.0. The molecule has 0 bridgehead atoms. The maximum absolute atomic E-state index is 13.0. The van der Waals surface area contributed by atoms with Crippen LogP contribution in [0.15, 0.2) is 23.1 Å². The molecule has 0 radical (unpaired) electrons. The van der Waals surface area contributed by atoms with Crippen LogP contribution in [0.2, 0.25) is 0 Å². The Morgan fingerprint density at radius 1 is 1.41 bits per heavy atom. The second-order valence-corrected chi connectivity index (χ2v) is 4.61. The zero-order valence-corrected chi connectivity index (χ0v) is 10.1. The van der Waals surface area contributed by atoms with Gasteiger partial charge in [0.05, 0.1) is 4.92 Å². The average molecular weight is 256 g/mol. The molecule has 4 nitrogen and oxygen atoms in total. The normalized spacial score (nSPS) is 17.2. The van der Waals surface area contributed by atoms with Crippen molar-refractivity contribution in [2.24, 2.45) is 0 Å². The first kappa shape index (κ1) is 12.2. The predicted molar refractivity (Wildman–Crippen MR) is 66.7 cm³/mol. The van der Waals surface area contributed by atoms with Crippen LogP contribution in [0.4, 0.5) is 15.8 Å². The van der Waals surface area contributed by atoms with Crippen LogP contribution in [-0.2, 0) is 0 Å². The molecule has 0 saturated carbocycles. The Kier molecular flexibility index (Phi) is 3.51. The summed E-state index contributed by atoms with van der Waals surface area (Å²) in [7, 11) is 0. The number of hydrogen-bond acceptors (Lipinski definition) is 4. The van der Waals surface area contributed by atoms with Gasteiger partial charge in [-0.3, -0.25) is 10.1 Å². The molecule has 1 aliphatic rings. The molecule has 92 valence electrons. The molecular formula is C11H13FN2O2S. The fourth-order valence-corrected chi connectivity index (χ4v) is 2.21. The van der Waals surface area contributed by atoms with Gasteiger partial charge < -0.3 is 4.90 Å². The van der Waals surface area contributed by atoms with Crippen LogP contribution in [0.5, 0.6) is 0 Å². The Hall–Kier alpha value is -1.30. The largest absolute Gasteiger partial charge is 0.366 e. The van der Waals surface area contributed by atoms with Crippen LogP contribution in [0.3, 0.4) is 0 Å². The average Bonchev–Trinajstić information content (AvgIpc) is 2.30. The fourth-order valence-electron chi connectivity index (χ4n) is 2.01. The lowest BCUT2D eigenvalue weighted by molar-refractivity contribution is -0.384. The van der Waals surface area contributed by atoms with Crippen molar-refractivity contribution in [3.05, 3.63) is 28.3 Å². The molecule has 0 aliphatic carbocycles. The van der Waals surface area contributed by atoms with Crippen LogP contribution in [-0.4, -0.2) is 24.2 Å². The molecule has 0 aromatic heterocycles. The Labute approximate surface area is 104 Å². The number of nitro benzene ring substituents is 1. The van der Waals surface area contributed by atoms with Crippen molar-refractivity contribution in [1.29, 1.82) is 0 Å². The molecule has 1 aliphatic heterocycles. The molecule has 0 amide bonds. The van der Waals surface area contributed by atoms with Gasteiger partial charge in [0.15, 0.2) is 0 Å². The lowest BCUT2D eigenvalue weighted by Gasteiger charge is -2.30. The van der Waals surface area contributed by atoms with Crippen molar-refractivity contribution in [2.75, 3.05) is 18.0 Å². The summed E-state index contributed by atoms with van der Waals surface area (Å²) in [5, 5.41) is 11.0. The number of nitro groups is 1. The van der Waals surface area contributed by atoms with Crippen molar-refractivity contribution >= 4 is 24.0 Å². The summed E-state index contributed by atoms with van der Waals surface area (Å²) in [6.45, 7) is 1.04. The monoisotopic (exact) mass is 256 g/mol. The van der Waals surface area contributed by atoms with Crippen LogP contribution in [0.25, 0.3) is 0 Å². The zero-order valence-electron chi connectivity index (χ0n) is 9.17. The fraction of sp³-hybridized carbons (Fsp3) is 0.455. The van der Waals surface area contributed by atoms with Crippen molar-refractivity contribution < 1.29 is 9.31 Å². The van der Waals surface area contributed by atoms with Gasteiger partial charge in [-0.2, -0.15) is 0 Å². The first-order chi connectivity index (χ1) is 8.08. The molecule has 1 aromatic rings. The Morgan fingerprint density at radius 2 is 2.06 bits per heavy atom. The number of nitrogens with zero attached hydrogens (tertiary/aromatic N) is 2. The van der Waals surface area contributed by atoms with Gasteiger partial charge in [0, 0.05) is 24.1 Å². The van der Waals surface area contributed by atoms with Crippen LogP contribution >= 0.6 is 12.6 Å². The first-order valence-electron chi connectivity index (χ1n) is 5.44. The third-order valence-electron chi connectivity index (χ3n) is 2.92. The highest BCUT2D eigenvalue weighted by molar-refractivity contribution is 7.80. The summed E-state index contributed by atoms with van der Waals surface area (Å²) in [5.74, 6) is 0. The number of hydrogen-bond donors (Lipinski definition) is 1. The molecule has 1 heterocycles. The lowest BCUT2D eigenvalue weighted by Crippen LogP contribution is -2.34. The van der Waals surface area contributed by atoms with Crippen molar-refractivity contribution in [3.8, 4) is 0 Å². The number of piperidine rings is 1. The van der Waals surface area contributed by atoms with Gasteiger partial charge in [0.1, 0.15) is 11.9 Å². The van der Waals surface area contributed by atoms with Gasteiger partial charge in [-0.05, 0) is 25.0 Å². The third kappa shape index (κ3) is 2.69. The van der Waals surface area contributed by atoms with Gasteiger partial charge >= 0.3 is 0 Å². The molecule has 17 heavy (non-hydrogen) atoms. The highest BCUT2D eigenvalue weighted by atomic mass is 32.1. The standard InChI is InChI=1S/C11H13FN2O2S/c12-8-3-5-13(6-4-8)10-2-1-9(17)7-11(10)14(15)16/h1-2,7-8,17H,3-6H2. The molecule has 0 unspecified atom stereocenters. The van der Waals surface area contributed by atoms with Crippen molar-refractivity contribution in [1.82, 2.24) is 0 Å². The number of anilines is 1. The summed E-state index contributed by atoms with van der Waals surface area (Å²) in [6, 6.07) is 4.83. The quantitative estimate of drug-likeness (QED) is 0.503. The lowest BCUT2D eigenvalue weighted by atomic mass is 10.1. The number of halogens is 1. The Balaban J connectivity index is 2.28. The van der Waals surface area contributed by atoms with E-state index in [2.05, 4.69) is 12.6 Å². The van der Waals surface area contributed by atoms with Gasteiger partial charge in [-0.25, -0.2) is 4.39 Å². The Morgan fingerprint density at radius 3 is 2.65 bits per heavy atom. The van der Waals surface area contributed by atoms with E-state index in [0.29, 0.717) is 36.5 Å². The van der Waals surface area contributed by atoms with E-state index < -0.39 is 11.1 Å². The molecule has 1 fully saturated rings. The highest BCUT2D eigenvalue weighted by Gasteiger charge is 2.24. The van der Waals surface area contributed by atoms with Gasteiger partial charge in [0.2, 0.25) is 0 Å². The topological polar surface area (TPSA) is 46.4 Å². The second kappa shape index (κ2) is 4.91. The predicted octanol–water partition coefficient (Wildman–Crippen LogP) is 2.82. The van der Waals surface area contributed by atoms with Gasteiger partial charge in [0.25, 0.3) is 5.69 Å². The summed E-state index contributed by atoms with van der Waals surface area (Å²) >= 11 is 4.09. The maximum Gasteiger partial charge on any atom is 0.293 e. The Bertz CT molecular complexity index is 433. The summed E-state index contributed by atoms with van der Waals surface area (Å²) in [4.78, 5) is 13.0. The molecule has 6 heteroatoms. The molecule has 2 rings (SSSR count). The molecule has 0 N–H and O–H groups in total. The van der Waals surface area contributed by atoms with E-state index in [4.69, 9.17) is 0 Å². The molecule has 0 spiro atoms. The number of alkyl halides is 1. The number of benzene rings is 1. The van der Waals surface area contributed by atoms with E-state index in [9.17, 15) is 14.5 Å². The van der Waals surface area contributed by atoms with E-state index >= 15 is 0 Å². The number of thiol groups is 1. The van der Waals surface area contributed by atoms with Crippen molar-refractivity contribution in [3.63, 3.8) is 0 Å². The minimum absolute atomic E-state index is 0.0369. The van der Waals surface area contributed by atoms with Crippen LogP contribution < -0.4 is 4.90 Å². The van der Waals surface area contributed by atoms with Crippen molar-refractivity contribution in [2.45, 2.75) is 23.9 Å². The van der Waals surface area contributed by atoms with E-state index in [-0.39, 0.29) is 5.69 Å². The molecule has 0 atom stereocenters. The number of rotatable bonds is 2. The minimum atomic E-state index is -0.783. The van der Waals surface area contributed by atoms with Gasteiger partial charge in [-0.15, -0.1) is 12.6 Å². The van der Waals surface area contributed by atoms with E-state index in [1.165, 1.54) is 6.07 Å². The smallest absolute Gasteiger partial charge is 0.293 e. The summed E-state index contributed by atoms with van der Waals surface area (Å²) in [6.07, 6.45) is 0.0778. The zero-order chi connectivity index (χ0) is 12.4. The summed E-state index contributed by atoms with van der Waals surface area (Å²) in [5.41, 5.74) is 0.592. The highest BCUT2D eigenvalue weighted by Crippen LogP contribution is 2.32. The van der Waals surface area contributed by atoms with E-state index in [1.807, 2.05) is 4.90 Å². The third-order valence-corrected chi connectivity index (χ3v) is 3.20.